The van der Waals surface area contributed by atoms with E-state index in [1.807, 2.05) is 0 Å². The van der Waals surface area contributed by atoms with Gasteiger partial charge in [-0.25, -0.2) is 0 Å². The zero-order valence-corrected chi connectivity index (χ0v) is 13.8. The van der Waals surface area contributed by atoms with Gasteiger partial charge in [-0.3, -0.25) is 4.90 Å². The standard InChI is InChI=1S/C19H28N2/c1-14(2)15(3)21(4)19-12-17(10-11-18(19)13-20)16-8-6-5-7-9-16/h5-9,14-15,17-19H,10-12H2,1-4H3. The summed E-state index contributed by atoms with van der Waals surface area (Å²) in [5.41, 5.74) is 1.43. The molecule has 1 aliphatic rings. The van der Waals surface area contributed by atoms with Crippen LogP contribution in [-0.2, 0) is 0 Å². The second-order valence-electron chi connectivity index (χ2n) is 6.87. The van der Waals surface area contributed by atoms with Crippen LogP contribution in [0.5, 0.6) is 0 Å². The first-order valence-corrected chi connectivity index (χ1v) is 8.21. The minimum Gasteiger partial charge on any atom is -0.299 e. The van der Waals surface area contributed by atoms with Crippen molar-refractivity contribution < 1.29 is 0 Å². The molecule has 0 spiro atoms. The van der Waals surface area contributed by atoms with E-state index in [-0.39, 0.29) is 5.92 Å². The molecule has 114 valence electrons. The van der Waals surface area contributed by atoms with Crippen molar-refractivity contribution in [3.05, 3.63) is 35.9 Å². The molecule has 1 aliphatic carbocycles. The molecule has 4 unspecified atom stereocenters. The molecule has 4 atom stereocenters. The maximum Gasteiger partial charge on any atom is 0.0672 e. The lowest BCUT2D eigenvalue weighted by Crippen LogP contribution is -2.47. The van der Waals surface area contributed by atoms with Gasteiger partial charge in [-0.15, -0.1) is 0 Å². The van der Waals surface area contributed by atoms with E-state index in [0.29, 0.717) is 23.9 Å². The molecule has 0 aromatic heterocycles. The first-order valence-electron chi connectivity index (χ1n) is 8.21. The van der Waals surface area contributed by atoms with Crippen molar-refractivity contribution >= 4 is 0 Å². The van der Waals surface area contributed by atoms with Crippen molar-refractivity contribution in [2.24, 2.45) is 11.8 Å². The molecule has 1 aromatic carbocycles. The normalized spacial score (nSPS) is 27.6. The summed E-state index contributed by atoms with van der Waals surface area (Å²) in [5.74, 6) is 1.39. The maximum atomic E-state index is 9.51. The lowest BCUT2D eigenvalue weighted by atomic mass is 9.75. The van der Waals surface area contributed by atoms with Crippen LogP contribution in [0.1, 0.15) is 51.5 Å². The number of rotatable bonds is 4. The van der Waals surface area contributed by atoms with Crippen LogP contribution in [-0.4, -0.2) is 24.0 Å². The molecule has 21 heavy (non-hydrogen) atoms. The Hall–Kier alpha value is -1.33. The van der Waals surface area contributed by atoms with Gasteiger partial charge in [0.15, 0.2) is 0 Å². The van der Waals surface area contributed by atoms with E-state index in [9.17, 15) is 5.26 Å². The fourth-order valence-electron chi connectivity index (χ4n) is 3.55. The second-order valence-corrected chi connectivity index (χ2v) is 6.87. The van der Waals surface area contributed by atoms with E-state index < -0.39 is 0 Å². The smallest absolute Gasteiger partial charge is 0.0672 e. The van der Waals surface area contributed by atoms with E-state index >= 15 is 0 Å². The Morgan fingerprint density at radius 1 is 1.14 bits per heavy atom. The highest BCUT2D eigenvalue weighted by Gasteiger charge is 2.35. The van der Waals surface area contributed by atoms with Gasteiger partial charge in [0.2, 0.25) is 0 Å². The Morgan fingerprint density at radius 2 is 1.81 bits per heavy atom. The van der Waals surface area contributed by atoms with Gasteiger partial charge in [0.25, 0.3) is 0 Å². The van der Waals surface area contributed by atoms with Gasteiger partial charge in [-0.2, -0.15) is 5.26 Å². The minimum absolute atomic E-state index is 0.177. The molecule has 0 heterocycles. The summed E-state index contributed by atoms with van der Waals surface area (Å²) in [6.07, 6.45) is 3.27. The summed E-state index contributed by atoms with van der Waals surface area (Å²) >= 11 is 0. The van der Waals surface area contributed by atoms with Crippen LogP contribution in [0.25, 0.3) is 0 Å². The van der Waals surface area contributed by atoms with Gasteiger partial charge in [-0.05, 0) is 50.6 Å². The van der Waals surface area contributed by atoms with Crippen LogP contribution < -0.4 is 0 Å². The SMILES string of the molecule is CC(C)C(C)N(C)C1CC(c2ccccc2)CCC1C#N. The fraction of sp³-hybridized carbons (Fsp3) is 0.632. The predicted molar refractivity (Wildman–Crippen MR) is 88.0 cm³/mol. The molecule has 0 amide bonds. The van der Waals surface area contributed by atoms with Crippen LogP contribution in [0.4, 0.5) is 0 Å². The highest BCUT2D eigenvalue weighted by atomic mass is 15.2. The summed E-state index contributed by atoms with van der Waals surface area (Å²) in [6, 6.07) is 14.3. The topological polar surface area (TPSA) is 27.0 Å². The molecule has 2 heteroatoms. The Balaban J connectivity index is 2.15. The Kier molecular flexibility index (Phi) is 5.42. The molecule has 0 saturated heterocycles. The van der Waals surface area contributed by atoms with Crippen molar-refractivity contribution in [2.75, 3.05) is 7.05 Å². The highest BCUT2D eigenvalue weighted by molar-refractivity contribution is 5.21. The summed E-state index contributed by atoms with van der Waals surface area (Å²) in [5, 5.41) is 9.51. The summed E-state index contributed by atoms with van der Waals surface area (Å²) in [4.78, 5) is 2.45. The van der Waals surface area contributed by atoms with Crippen LogP contribution in [0.2, 0.25) is 0 Å². The van der Waals surface area contributed by atoms with Crippen LogP contribution >= 0.6 is 0 Å². The number of nitrogens with zero attached hydrogens (tertiary/aromatic N) is 2. The molecule has 0 N–H and O–H groups in total. The molecule has 2 nitrogen and oxygen atoms in total. The van der Waals surface area contributed by atoms with Gasteiger partial charge in [0.1, 0.15) is 0 Å². The molecule has 0 bridgehead atoms. The lowest BCUT2D eigenvalue weighted by Gasteiger charge is -2.42. The Labute approximate surface area is 129 Å². The number of hydrogen-bond acceptors (Lipinski definition) is 2. The first kappa shape index (κ1) is 16.0. The van der Waals surface area contributed by atoms with E-state index in [4.69, 9.17) is 0 Å². The fourth-order valence-corrected chi connectivity index (χ4v) is 3.55. The van der Waals surface area contributed by atoms with E-state index in [1.165, 1.54) is 5.56 Å². The van der Waals surface area contributed by atoms with Gasteiger partial charge in [0, 0.05) is 12.1 Å². The van der Waals surface area contributed by atoms with Crippen LogP contribution in [0.15, 0.2) is 30.3 Å². The van der Waals surface area contributed by atoms with E-state index in [1.54, 1.807) is 0 Å². The van der Waals surface area contributed by atoms with Gasteiger partial charge < -0.3 is 0 Å². The number of nitriles is 1. The van der Waals surface area contributed by atoms with Crippen molar-refractivity contribution in [3.63, 3.8) is 0 Å². The molecule has 0 aliphatic heterocycles. The zero-order chi connectivity index (χ0) is 15.4. The third kappa shape index (κ3) is 3.66. The third-order valence-corrected chi connectivity index (χ3v) is 5.38. The summed E-state index contributed by atoms with van der Waals surface area (Å²) < 4.78 is 0. The highest BCUT2D eigenvalue weighted by Crippen LogP contribution is 2.38. The number of benzene rings is 1. The first-order chi connectivity index (χ1) is 10.0. The molecule has 2 rings (SSSR count). The molecule has 1 aromatic rings. The zero-order valence-electron chi connectivity index (χ0n) is 13.8. The third-order valence-electron chi connectivity index (χ3n) is 5.38. The number of hydrogen-bond donors (Lipinski definition) is 0. The van der Waals surface area contributed by atoms with Gasteiger partial charge in [0.05, 0.1) is 12.0 Å². The molecule has 1 fully saturated rings. The maximum absolute atomic E-state index is 9.51. The quantitative estimate of drug-likeness (QED) is 0.817. The van der Waals surface area contributed by atoms with Crippen LogP contribution in [0, 0.1) is 23.2 Å². The summed E-state index contributed by atoms with van der Waals surface area (Å²) in [6.45, 7) is 6.81. The molecular formula is C19H28N2. The summed E-state index contributed by atoms with van der Waals surface area (Å²) in [7, 11) is 2.20. The molecule has 1 saturated carbocycles. The van der Waals surface area contributed by atoms with E-state index in [0.717, 1.165) is 19.3 Å². The average Bonchev–Trinajstić information content (AvgIpc) is 2.53. The van der Waals surface area contributed by atoms with Crippen molar-refractivity contribution in [1.82, 2.24) is 4.90 Å². The molecular weight excluding hydrogens is 256 g/mol. The lowest BCUT2D eigenvalue weighted by molar-refractivity contribution is 0.0879. The predicted octanol–water partition coefficient (Wildman–Crippen LogP) is 4.44. The molecule has 0 radical (unpaired) electrons. The monoisotopic (exact) mass is 284 g/mol. The largest absolute Gasteiger partial charge is 0.299 e. The van der Waals surface area contributed by atoms with Crippen molar-refractivity contribution in [3.8, 4) is 6.07 Å². The average molecular weight is 284 g/mol. The van der Waals surface area contributed by atoms with Crippen molar-refractivity contribution in [2.45, 2.75) is 58.0 Å². The minimum atomic E-state index is 0.177. The van der Waals surface area contributed by atoms with Gasteiger partial charge in [-0.1, -0.05) is 44.2 Å². The Bertz CT molecular complexity index is 474. The van der Waals surface area contributed by atoms with Gasteiger partial charge >= 0.3 is 0 Å². The van der Waals surface area contributed by atoms with Crippen LogP contribution in [0.3, 0.4) is 0 Å². The van der Waals surface area contributed by atoms with Crippen molar-refractivity contribution in [1.29, 1.82) is 5.26 Å². The van der Waals surface area contributed by atoms with E-state index in [2.05, 4.69) is 69.1 Å². The Morgan fingerprint density at radius 3 is 2.38 bits per heavy atom. The second kappa shape index (κ2) is 7.09.